The van der Waals surface area contributed by atoms with Gasteiger partial charge in [-0.25, -0.2) is 0 Å². The van der Waals surface area contributed by atoms with E-state index >= 15 is 0 Å². The zero-order valence-corrected chi connectivity index (χ0v) is 13.2. The molecule has 3 nitrogen and oxygen atoms in total. The Hall–Kier alpha value is -0.840. The maximum absolute atomic E-state index is 10.5. The van der Waals surface area contributed by atoms with Gasteiger partial charge in [-0.05, 0) is 46.5 Å². The van der Waals surface area contributed by atoms with Crippen molar-refractivity contribution in [1.82, 2.24) is 9.78 Å². The number of hydrogen-bond acceptors (Lipinski definition) is 2. The standard InChI is InChI=1S/C14H16BrClN2O/c1-3-6-18-13(11(15)8-17-18)14(19)10-5-4-9(2)12(16)7-10/h4-5,7-8,14,19H,3,6H2,1-2H3. The minimum absolute atomic E-state index is 0.661. The first-order chi connectivity index (χ1) is 9.04. The minimum Gasteiger partial charge on any atom is -0.382 e. The molecule has 1 aromatic carbocycles. The molecule has 1 unspecified atom stereocenters. The van der Waals surface area contributed by atoms with E-state index in [2.05, 4.69) is 28.0 Å². The Balaban J connectivity index is 2.40. The summed E-state index contributed by atoms with van der Waals surface area (Å²) in [6, 6.07) is 5.61. The number of benzene rings is 1. The molecule has 0 aliphatic rings. The fourth-order valence-electron chi connectivity index (χ4n) is 1.97. The summed E-state index contributed by atoms with van der Waals surface area (Å²) in [6.45, 7) is 4.79. The first-order valence-electron chi connectivity index (χ1n) is 6.20. The molecule has 0 saturated heterocycles. The molecule has 0 amide bonds. The van der Waals surface area contributed by atoms with Crippen molar-refractivity contribution in [3.63, 3.8) is 0 Å². The van der Waals surface area contributed by atoms with E-state index in [0.29, 0.717) is 5.02 Å². The molecule has 0 aliphatic heterocycles. The smallest absolute Gasteiger partial charge is 0.122 e. The van der Waals surface area contributed by atoms with Gasteiger partial charge in [-0.1, -0.05) is 30.7 Å². The lowest BCUT2D eigenvalue weighted by molar-refractivity contribution is 0.206. The molecule has 1 N–H and O–H groups in total. The van der Waals surface area contributed by atoms with Gasteiger partial charge in [-0.3, -0.25) is 4.68 Å². The molecule has 19 heavy (non-hydrogen) atoms. The molecule has 0 fully saturated rings. The molecule has 0 saturated carbocycles. The Morgan fingerprint density at radius 3 is 2.84 bits per heavy atom. The molecular formula is C14H16BrClN2O. The zero-order chi connectivity index (χ0) is 14.0. The van der Waals surface area contributed by atoms with Crippen LogP contribution in [0.25, 0.3) is 0 Å². The number of nitrogens with zero attached hydrogens (tertiary/aromatic N) is 2. The summed E-state index contributed by atoms with van der Waals surface area (Å²) in [5.41, 5.74) is 2.54. The summed E-state index contributed by atoms with van der Waals surface area (Å²) < 4.78 is 2.63. The number of halogens is 2. The topological polar surface area (TPSA) is 38.0 Å². The van der Waals surface area contributed by atoms with E-state index in [1.165, 1.54) is 0 Å². The molecule has 1 aromatic heterocycles. The average molecular weight is 344 g/mol. The lowest BCUT2D eigenvalue weighted by Crippen LogP contribution is -2.10. The highest BCUT2D eigenvalue weighted by atomic mass is 79.9. The van der Waals surface area contributed by atoms with Gasteiger partial charge in [0.25, 0.3) is 0 Å². The van der Waals surface area contributed by atoms with E-state index in [-0.39, 0.29) is 0 Å². The average Bonchev–Trinajstić information content (AvgIpc) is 2.74. The summed E-state index contributed by atoms with van der Waals surface area (Å²) >= 11 is 9.56. The molecule has 102 valence electrons. The summed E-state index contributed by atoms with van der Waals surface area (Å²) in [7, 11) is 0. The Morgan fingerprint density at radius 2 is 2.21 bits per heavy atom. The van der Waals surface area contributed by atoms with Crippen molar-refractivity contribution in [2.24, 2.45) is 0 Å². The zero-order valence-electron chi connectivity index (χ0n) is 10.9. The van der Waals surface area contributed by atoms with Crippen LogP contribution in [-0.2, 0) is 6.54 Å². The Labute approximate surface area is 126 Å². The van der Waals surface area contributed by atoms with Crippen LogP contribution < -0.4 is 0 Å². The van der Waals surface area contributed by atoms with Crippen LogP contribution in [0.4, 0.5) is 0 Å². The van der Waals surface area contributed by atoms with E-state index in [4.69, 9.17) is 11.6 Å². The van der Waals surface area contributed by atoms with Gasteiger partial charge in [0, 0.05) is 11.6 Å². The normalized spacial score (nSPS) is 12.7. The van der Waals surface area contributed by atoms with Crippen molar-refractivity contribution >= 4 is 27.5 Å². The second kappa shape index (κ2) is 6.07. The maximum Gasteiger partial charge on any atom is 0.122 e. The quantitative estimate of drug-likeness (QED) is 0.907. The number of aliphatic hydroxyl groups is 1. The summed E-state index contributed by atoms with van der Waals surface area (Å²) in [4.78, 5) is 0. The fraction of sp³-hybridized carbons (Fsp3) is 0.357. The first kappa shape index (κ1) is 14.6. The van der Waals surface area contributed by atoms with E-state index in [9.17, 15) is 5.11 Å². The van der Waals surface area contributed by atoms with Crippen molar-refractivity contribution in [2.75, 3.05) is 0 Å². The third-order valence-electron chi connectivity index (χ3n) is 3.04. The van der Waals surface area contributed by atoms with Crippen LogP contribution >= 0.6 is 27.5 Å². The van der Waals surface area contributed by atoms with Crippen LogP contribution in [-0.4, -0.2) is 14.9 Å². The second-order valence-corrected chi connectivity index (χ2v) is 5.77. The Bertz CT molecular complexity index is 583. The van der Waals surface area contributed by atoms with Crippen molar-refractivity contribution < 1.29 is 5.11 Å². The van der Waals surface area contributed by atoms with E-state index in [0.717, 1.165) is 34.3 Å². The highest BCUT2D eigenvalue weighted by Gasteiger charge is 2.19. The maximum atomic E-state index is 10.5. The summed E-state index contributed by atoms with van der Waals surface area (Å²) in [5, 5.41) is 15.5. The third-order valence-corrected chi connectivity index (χ3v) is 4.06. The van der Waals surface area contributed by atoms with Crippen LogP contribution in [0, 0.1) is 6.92 Å². The van der Waals surface area contributed by atoms with E-state index in [1.807, 2.05) is 23.7 Å². The van der Waals surface area contributed by atoms with Crippen LogP contribution in [0.2, 0.25) is 5.02 Å². The number of aliphatic hydroxyl groups excluding tert-OH is 1. The molecule has 2 aromatic rings. The van der Waals surface area contributed by atoms with Gasteiger partial charge < -0.3 is 5.11 Å². The molecule has 0 aliphatic carbocycles. The Kier molecular flexibility index (Phi) is 4.66. The predicted molar refractivity (Wildman–Crippen MR) is 80.5 cm³/mol. The van der Waals surface area contributed by atoms with Crippen molar-refractivity contribution in [1.29, 1.82) is 0 Å². The summed E-state index contributed by atoms with van der Waals surface area (Å²) in [6.07, 6.45) is 1.94. The third kappa shape index (κ3) is 3.02. The highest BCUT2D eigenvalue weighted by Crippen LogP contribution is 2.30. The highest BCUT2D eigenvalue weighted by molar-refractivity contribution is 9.10. The summed E-state index contributed by atoms with van der Waals surface area (Å²) in [5.74, 6) is 0. The SMILES string of the molecule is CCCn1ncc(Br)c1C(O)c1ccc(C)c(Cl)c1. The molecule has 0 radical (unpaired) electrons. The van der Waals surface area contributed by atoms with Crippen molar-refractivity contribution in [3.05, 3.63) is 50.7 Å². The second-order valence-electron chi connectivity index (χ2n) is 4.51. The van der Waals surface area contributed by atoms with Gasteiger partial charge in [0.15, 0.2) is 0 Å². The minimum atomic E-state index is -0.735. The van der Waals surface area contributed by atoms with Crippen molar-refractivity contribution in [3.8, 4) is 0 Å². The molecule has 1 atom stereocenters. The van der Waals surface area contributed by atoms with Gasteiger partial charge in [0.05, 0.1) is 16.4 Å². The van der Waals surface area contributed by atoms with Gasteiger partial charge in [0.1, 0.15) is 6.10 Å². The largest absolute Gasteiger partial charge is 0.382 e. The monoisotopic (exact) mass is 342 g/mol. The van der Waals surface area contributed by atoms with E-state index < -0.39 is 6.10 Å². The number of rotatable bonds is 4. The predicted octanol–water partition coefficient (Wildman–Crippen LogP) is 4.10. The molecule has 0 spiro atoms. The number of aryl methyl sites for hydroxylation is 2. The molecule has 5 heteroatoms. The van der Waals surface area contributed by atoms with Gasteiger partial charge in [-0.15, -0.1) is 0 Å². The fourth-order valence-corrected chi connectivity index (χ4v) is 2.67. The van der Waals surface area contributed by atoms with Crippen molar-refractivity contribution in [2.45, 2.75) is 32.9 Å². The number of hydrogen-bond donors (Lipinski definition) is 1. The molecule has 2 rings (SSSR count). The molecule has 1 heterocycles. The molecular weight excluding hydrogens is 328 g/mol. The lowest BCUT2D eigenvalue weighted by atomic mass is 10.0. The van der Waals surface area contributed by atoms with Crippen LogP contribution in [0.15, 0.2) is 28.9 Å². The lowest BCUT2D eigenvalue weighted by Gasteiger charge is -2.15. The number of aromatic nitrogens is 2. The van der Waals surface area contributed by atoms with Gasteiger partial charge in [-0.2, -0.15) is 5.10 Å². The van der Waals surface area contributed by atoms with Crippen LogP contribution in [0.5, 0.6) is 0 Å². The van der Waals surface area contributed by atoms with Crippen LogP contribution in [0.1, 0.15) is 36.3 Å². The van der Waals surface area contributed by atoms with E-state index in [1.54, 1.807) is 12.3 Å². The molecule has 0 bridgehead atoms. The van der Waals surface area contributed by atoms with Gasteiger partial charge in [0.2, 0.25) is 0 Å². The first-order valence-corrected chi connectivity index (χ1v) is 7.37. The van der Waals surface area contributed by atoms with Crippen LogP contribution in [0.3, 0.4) is 0 Å². The van der Waals surface area contributed by atoms with Gasteiger partial charge >= 0.3 is 0 Å². The Morgan fingerprint density at radius 1 is 1.47 bits per heavy atom.